The molecule has 506 valence electrons. The second kappa shape index (κ2) is 30.6. The van der Waals surface area contributed by atoms with Gasteiger partial charge in [0.2, 0.25) is 47.3 Å². The number of aryl methyl sites for hydroxylation is 1. The van der Waals surface area contributed by atoms with E-state index in [1.54, 1.807) is 37.3 Å². The fraction of sp³-hybridized carbons (Fsp3) is 0.452. The maximum atomic E-state index is 15.5. The number of unbranched alkanes of at least 4 members (excludes halogenated alkanes) is 2. The number of ether oxygens (including phenoxy) is 3. The molecule has 0 bridgehead atoms. The van der Waals surface area contributed by atoms with Gasteiger partial charge in [0.1, 0.15) is 56.2 Å². The SMILES string of the molecule is Cc1c(F)cc2nc3c(c4c2c1CC[C@@]4([SiH3])NC(=O)COCNC(=O)CNC(=O)[C@H](Cc1ccccc1)NC(=O)CNC(=O)CNC(=O)[C@H](CCC(=O)NC[C@H]1O[C@@H](CC(=O)O)[C@H](O)[C@@H]1O)NC(=O)CCCCCN1C(=O)C=CC1=O)Cn1c-3cc2c(c1=O)COC(=O)[C@H]2O. The smallest absolute Gasteiger partial charge is 0.340 e. The number of imide groups is 1. The van der Waals surface area contributed by atoms with Gasteiger partial charge in [0.25, 0.3) is 17.4 Å². The van der Waals surface area contributed by atoms with Crippen LogP contribution in [0.15, 0.2) is 59.4 Å². The van der Waals surface area contributed by atoms with Crippen LogP contribution in [0.1, 0.15) is 96.4 Å². The van der Waals surface area contributed by atoms with Crippen LogP contribution in [0.2, 0.25) is 0 Å². The van der Waals surface area contributed by atoms with Crippen molar-refractivity contribution in [2.24, 2.45) is 0 Å². The number of rotatable bonds is 30. The quantitative estimate of drug-likeness (QED) is 0.00678. The lowest BCUT2D eigenvalue weighted by molar-refractivity contribution is -0.157. The number of carbonyl (C=O) groups is 12. The molecular weight excluding hydrogens is 1270 g/mol. The highest BCUT2D eigenvalue weighted by Gasteiger charge is 2.45. The highest BCUT2D eigenvalue weighted by Crippen LogP contribution is 2.46. The topological polar surface area (TPSA) is 448 Å². The minimum atomic E-state index is -1.70. The first-order valence-electron chi connectivity index (χ1n) is 30.7. The molecule has 4 aromatic rings. The molecule has 10 amide bonds. The summed E-state index contributed by atoms with van der Waals surface area (Å²) in [6, 6.07) is 8.63. The third-order valence-corrected chi connectivity index (χ3v) is 18.3. The number of fused-ring (bicyclic) bond motifs is 5. The number of aliphatic hydroxyl groups is 3. The summed E-state index contributed by atoms with van der Waals surface area (Å²) in [6.07, 6.45) is -4.51. The molecule has 2 aromatic heterocycles. The molecule has 95 heavy (non-hydrogen) atoms. The summed E-state index contributed by atoms with van der Waals surface area (Å²) < 4.78 is 32.9. The highest BCUT2D eigenvalue weighted by molar-refractivity contribution is 6.19. The Morgan fingerprint density at radius 1 is 0.768 bits per heavy atom. The molecule has 0 saturated carbocycles. The predicted octanol–water partition coefficient (Wildman–Crippen LogP) is -4.46. The number of amides is 10. The third kappa shape index (κ3) is 16.6. The van der Waals surface area contributed by atoms with Crippen LogP contribution in [0.3, 0.4) is 0 Å². The second-order valence-electron chi connectivity index (χ2n) is 23.8. The Bertz CT molecular complexity index is 3830. The van der Waals surface area contributed by atoms with Crippen molar-refractivity contribution in [3.05, 3.63) is 110 Å². The Hall–Kier alpha value is -9.67. The van der Waals surface area contributed by atoms with Crippen LogP contribution in [-0.2, 0) is 103 Å². The number of nitrogens with zero attached hydrogens (tertiary/aromatic N) is 3. The minimum Gasteiger partial charge on any atom is -0.481 e. The van der Waals surface area contributed by atoms with E-state index < -0.39 is 176 Å². The number of aromatic nitrogens is 2. The summed E-state index contributed by atoms with van der Waals surface area (Å²) >= 11 is 0. The molecule has 1 saturated heterocycles. The van der Waals surface area contributed by atoms with E-state index in [-0.39, 0.29) is 63.1 Å². The number of halogens is 1. The van der Waals surface area contributed by atoms with Crippen molar-refractivity contribution in [2.75, 3.05) is 46.1 Å². The van der Waals surface area contributed by atoms with Crippen LogP contribution in [0, 0.1) is 12.7 Å². The number of aliphatic carboxylic acids is 1. The van der Waals surface area contributed by atoms with Crippen molar-refractivity contribution in [1.82, 2.24) is 57.0 Å². The van der Waals surface area contributed by atoms with Gasteiger partial charge in [-0.1, -0.05) is 36.8 Å². The number of pyridine rings is 2. The molecule has 5 aliphatic rings. The maximum Gasteiger partial charge on any atom is 0.340 e. The van der Waals surface area contributed by atoms with E-state index in [0.717, 1.165) is 17.1 Å². The summed E-state index contributed by atoms with van der Waals surface area (Å²) in [5.74, 6) is -9.63. The number of esters is 1. The summed E-state index contributed by atoms with van der Waals surface area (Å²) in [5.41, 5.74) is 3.64. The van der Waals surface area contributed by atoms with Crippen LogP contribution < -0.4 is 48.1 Å². The van der Waals surface area contributed by atoms with E-state index in [9.17, 15) is 77.6 Å². The number of hydrogen-bond donors (Lipinski definition) is 12. The largest absolute Gasteiger partial charge is 0.481 e. The number of hydrogen-bond acceptors (Lipinski definition) is 20. The molecule has 1 fully saturated rings. The van der Waals surface area contributed by atoms with Crippen molar-refractivity contribution in [3.63, 3.8) is 0 Å². The van der Waals surface area contributed by atoms with Crippen molar-refractivity contribution in [1.29, 1.82) is 0 Å². The molecule has 0 spiro atoms. The van der Waals surface area contributed by atoms with Gasteiger partial charge in [0.05, 0.1) is 61.2 Å². The number of cyclic esters (lactones) is 1. The third-order valence-electron chi connectivity index (χ3n) is 17.1. The lowest BCUT2D eigenvalue weighted by Gasteiger charge is -2.38. The molecule has 33 heteroatoms. The van der Waals surface area contributed by atoms with Crippen molar-refractivity contribution >= 4 is 92.2 Å². The van der Waals surface area contributed by atoms with Crippen LogP contribution in [0.5, 0.6) is 0 Å². The Kier molecular flexibility index (Phi) is 22.4. The summed E-state index contributed by atoms with van der Waals surface area (Å²) in [4.78, 5) is 173. The molecule has 2 aromatic carbocycles. The lowest BCUT2D eigenvalue weighted by Crippen LogP contribution is -2.53. The maximum absolute atomic E-state index is 15.5. The molecule has 4 aliphatic heterocycles. The van der Waals surface area contributed by atoms with Crippen molar-refractivity contribution in [3.8, 4) is 11.4 Å². The summed E-state index contributed by atoms with van der Waals surface area (Å²) in [5, 5.41) is 60.2. The predicted molar refractivity (Wildman–Crippen MR) is 330 cm³/mol. The number of benzene rings is 2. The molecule has 31 nitrogen and oxygen atoms in total. The molecule has 8 atom stereocenters. The highest BCUT2D eigenvalue weighted by atomic mass is 28.1. The van der Waals surface area contributed by atoms with Crippen LogP contribution in [0.25, 0.3) is 22.3 Å². The van der Waals surface area contributed by atoms with Crippen molar-refractivity contribution in [2.45, 2.75) is 132 Å². The number of nitrogens with one attached hydrogen (secondary N) is 8. The average molecular weight is 1340 g/mol. The fourth-order valence-corrected chi connectivity index (χ4v) is 13.2. The number of aliphatic hydroxyl groups excluding tert-OH is 3. The minimum absolute atomic E-state index is 0.0298. The van der Waals surface area contributed by atoms with E-state index in [1.807, 2.05) is 0 Å². The summed E-state index contributed by atoms with van der Waals surface area (Å²) in [6.45, 7) is -1.90. The van der Waals surface area contributed by atoms with E-state index >= 15 is 4.39 Å². The van der Waals surface area contributed by atoms with E-state index in [0.29, 0.717) is 86.0 Å². The van der Waals surface area contributed by atoms with Crippen LogP contribution >= 0.6 is 0 Å². The van der Waals surface area contributed by atoms with Crippen LogP contribution in [0.4, 0.5) is 4.39 Å². The Morgan fingerprint density at radius 2 is 1.44 bits per heavy atom. The first-order chi connectivity index (χ1) is 45.3. The monoisotopic (exact) mass is 1340 g/mol. The first kappa shape index (κ1) is 69.7. The molecule has 0 unspecified atom stereocenters. The van der Waals surface area contributed by atoms with Gasteiger partial charge in [-0.15, -0.1) is 0 Å². The molecule has 0 radical (unpaired) electrons. The van der Waals surface area contributed by atoms with E-state index in [2.05, 4.69) is 42.5 Å². The molecule has 12 N–H and O–H groups in total. The standard InChI is InChI=1S/C62H72FN11O20Si/c1-30-32-15-16-62(95,53-34-26-74-40(54(34)71-38(52(32)53)20-36(30)63)19-33-35(60(74)90)27-93-61(91)55(33)85)72-48(80)28-92-29-68-46(78)24-67-59(89)39(18-31-8-4-2-5-9-31)70-47(79)25-65-45(77)23-66-58(88)37(69-44(76)10-6-3-7-17-73-49(81)13-14-50(73)82)11-12-43(75)64-22-42-57(87)56(86)41(94-42)21-51(83)84/h2,4-5,8-9,13-14,19-20,37,39,41-42,55-57,85-87H,3,6-7,10-12,15-18,21-29H2,1,95H3,(H,64,75)(H,65,77)(H,66,88)(H,67,89)(H,68,78)(H,69,76)(H,70,79)(H,72,80)(H,83,84)/t37-,39-,41-,42+,55-,56-,57+,62-/m0/s1. The molecule has 6 heterocycles. The molecule has 9 rings (SSSR count). The first-order valence-corrected chi connectivity index (χ1v) is 31.7. The van der Waals surface area contributed by atoms with Gasteiger partial charge < -0.3 is 81.7 Å². The van der Waals surface area contributed by atoms with Crippen LogP contribution in [-0.4, -0.2) is 199 Å². The van der Waals surface area contributed by atoms with Gasteiger partial charge in [-0.2, -0.15) is 0 Å². The second-order valence-corrected chi connectivity index (χ2v) is 25.5. The van der Waals surface area contributed by atoms with Gasteiger partial charge >= 0.3 is 11.9 Å². The lowest BCUT2D eigenvalue weighted by atomic mass is 9.81. The normalized spacial score (nSPS) is 20.4. The van der Waals surface area contributed by atoms with E-state index in [4.69, 9.17) is 24.3 Å². The summed E-state index contributed by atoms with van der Waals surface area (Å²) in [7, 11) is 0.312. The van der Waals surface area contributed by atoms with E-state index in [1.165, 1.54) is 16.7 Å². The van der Waals surface area contributed by atoms with Gasteiger partial charge in [-0.25, -0.2) is 14.2 Å². The Labute approximate surface area is 543 Å². The number of carbonyl (C=O) groups excluding carboxylic acids is 11. The Morgan fingerprint density at radius 3 is 2.16 bits per heavy atom. The number of carboxylic acid groups (broad SMARTS) is 1. The zero-order chi connectivity index (χ0) is 68.4. The van der Waals surface area contributed by atoms with Gasteiger partial charge in [-0.05, 0) is 67.3 Å². The molecule has 1 aliphatic carbocycles. The Balaban J connectivity index is 0.739. The average Bonchev–Trinajstić information content (AvgIpc) is 1.64. The molecular formula is C62H72FN11O20Si. The zero-order valence-corrected chi connectivity index (χ0v) is 53.7. The zero-order valence-electron chi connectivity index (χ0n) is 51.7. The van der Waals surface area contributed by atoms with Crippen molar-refractivity contribution < 1.29 is 96.6 Å². The van der Waals surface area contributed by atoms with Gasteiger partial charge in [0, 0.05) is 82.5 Å². The van der Waals surface area contributed by atoms with Gasteiger partial charge in [-0.3, -0.25) is 62.4 Å². The number of carboxylic acids is 1. The fourth-order valence-electron chi connectivity index (χ4n) is 12.1. The van der Waals surface area contributed by atoms with Gasteiger partial charge in [0.15, 0.2) is 6.10 Å².